The van der Waals surface area contributed by atoms with Crippen molar-refractivity contribution in [1.29, 1.82) is 0 Å². The van der Waals surface area contributed by atoms with Crippen LogP contribution in [-0.4, -0.2) is 112 Å². The van der Waals surface area contributed by atoms with E-state index in [1.807, 2.05) is 13.1 Å². The van der Waals surface area contributed by atoms with Crippen LogP contribution in [-0.2, 0) is 30.0 Å². The van der Waals surface area contributed by atoms with Crippen molar-refractivity contribution in [1.82, 2.24) is 39.0 Å². The van der Waals surface area contributed by atoms with E-state index in [9.17, 15) is 19.9 Å². The Hall–Kier alpha value is -2.63. The van der Waals surface area contributed by atoms with E-state index >= 15 is 4.39 Å². The Morgan fingerprint density at radius 3 is 2.53 bits per heavy atom. The van der Waals surface area contributed by atoms with Crippen LogP contribution in [0.2, 0.25) is 18.1 Å². The van der Waals surface area contributed by atoms with Crippen LogP contribution in [0.1, 0.15) is 32.4 Å². The summed E-state index contributed by atoms with van der Waals surface area (Å²) in [6.45, 7) is 5.15. The lowest BCUT2D eigenvalue weighted by atomic mass is 10.1. The minimum atomic E-state index is -4.21. The fourth-order valence-corrected chi connectivity index (χ4v) is 9.85. The highest BCUT2D eigenvalue weighted by Crippen LogP contribution is 2.55. The molecule has 0 aromatic carbocycles. The Balaban J connectivity index is 1.27. The second kappa shape index (κ2) is 13.2. The van der Waals surface area contributed by atoms with E-state index in [1.165, 1.54) is 35.3 Å². The highest BCUT2D eigenvalue weighted by Gasteiger charge is 2.53. The molecule has 2 aliphatic rings. The lowest BCUT2D eigenvalue weighted by Gasteiger charge is -2.41. The molecule has 6 rings (SSSR count). The highest BCUT2D eigenvalue weighted by atomic mass is 32.5. The molecule has 2 unspecified atom stereocenters. The number of aliphatic hydroxyl groups excluding tert-OH is 2. The molecule has 2 saturated heterocycles. The average Bonchev–Trinajstić information content (AvgIpc) is 3.77. The van der Waals surface area contributed by atoms with E-state index in [4.69, 9.17) is 41.5 Å². The average molecular weight is 761 g/mol. The number of hydrogen-bond donors (Lipinski definition) is 6. The molecule has 268 valence electrons. The number of thioether (sulfide) groups is 1. The first-order valence-electron chi connectivity index (χ1n) is 15.1. The van der Waals surface area contributed by atoms with Crippen molar-refractivity contribution in [2.45, 2.75) is 86.3 Å². The van der Waals surface area contributed by atoms with Crippen molar-refractivity contribution >= 4 is 72.7 Å². The number of halogens is 1. The fraction of sp³-hybridized carbons (Fsp3) is 0.615. The first-order chi connectivity index (χ1) is 22.9. The summed E-state index contributed by atoms with van der Waals surface area (Å²) in [5, 5.41) is 19.6. The number of ether oxygens (including phenoxy) is 1. The topological polar surface area (TPSA) is 257 Å². The van der Waals surface area contributed by atoms with Gasteiger partial charge in [0.25, 0.3) is 5.56 Å². The van der Waals surface area contributed by atoms with Crippen LogP contribution in [0.15, 0.2) is 23.8 Å². The second-order valence-corrected chi connectivity index (χ2v) is 22.2. The van der Waals surface area contributed by atoms with Crippen molar-refractivity contribution < 1.29 is 37.7 Å². The number of nitrogens with one attached hydrogen (secondary N) is 1. The van der Waals surface area contributed by atoms with Gasteiger partial charge in [0.2, 0.25) is 5.95 Å². The number of hydrogen-bond acceptors (Lipinski definition) is 16. The van der Waals surface area contributed by atoms with E-state index in [1.54, 1.807) is 4.57 Å². The summed E-state index contributed by atoms with van der Waals surface area (Å²) in [5.74, 6) is -0.0459. The molecule has 9 atom stereocenters. The van der Waals surface area contributed by atoms with Crippen LogP contribution in [0.3, 0.4) is 0 Å². The van der Waals surface area contributed by atoms with Gasteiger partial charge in [0.15, 0.2) is 43.3 Å². The molecule has 0 aliphatic carbocycles. The molecular formula is C26H38FN10O8PS2Si. The van der Waals surface area contributed by atoms with Gasteiger partial charge < -0.3 is 40.3 Å². The molecule has 4 aromatic heterocycles. The van der Waals surface area contributed by atoms with E-state index in [2.05, 4.69) is 50.7 Å². The largest absolute Gasteiger partial charge is 0.410 e. The smallest absolute Gasteiger partial charge is 0.325 e. The van der Waals surface area contributed by atoms with Crippen molar-refractivity contribution in [3.05, 3.63) is 29.3 Å². The minimum Gasteiger partial charge on any atom is -0.410 e. The molecule has 0 amide bonds. The van der Waals surface area contributed by atoms with Crippen molar-refractivity contribution in [2.24, 2.45) is 0 Å². The Labute approximate surface area is 289 Å². The van der Waals surface area contributed by atoms with Gasteiger partial charge in [-0.25, -0.2) is 24.3 Å². The first-order valence-corrected chi connectivity index (χ1v) is 21.6. The summed E-state index contributed by atoms with van der Waals surface area (Å²) in [6, 6.07) is 0. The van der Waals surface area contributed by atoms with E-state index < -0.39 is 74.6 Å². The number of imidazole rings is 2. The number of H-pyrrole nitrogens is 1. The van der Waals surface area contributed by atoms with Gasteiger partial charge in [-0.05, 0) is 29.9 Å². The van der Waals surface area contributed by atoms with E-state index in [0.29, 0.717) is 0 Å². The number of rotatable bonds is 10. The molecule has 2 aliphatic heterocycles. The summed E-state index contributed by atoms with van der Waals surface area (Å²) >= 11 is 6.71. The van der Waals surface area contributed by atoms with Gasteiger partial charge in [0, 0.05) is 0 Å². The summed E-state index contributed by atoms with van der Waals surface area (Å²) < 4.78 is 42.7. The molecule has 0 saturated carbocycles. The first kappa shape index (κ1) is 36.2. The summed E-state index contributed by atoms with van der Waals surface area (Å²) in [4.78, 5) is 47.0. The van der Waals surface area contributed by atoms with Crippen LogP contribution in [0.5, 0.6) is 0 Å². The number of anilines is 2. The molecule has 0 spiro atoms. The zero-order valence-corrected chi connectivity index (χ0v) is 30.6. The van der Waals surface area contributed by atoms with Crippen molar-refractivity contribution in [3.8, 4) is 0 Å². The second-order valence-electron chi connectivity index (χ2n) is 13.3. The number of nitrogen functional groups attached to an aromatic ring is 2. The maximum atomic E-state index is 15.4. The minimum absolute atomic E-state index is 0.0186. The summed E-state index contributed by atoms with van der Waals surface area (Å²) in [5.41, 5.74) is 11.7. The Morgan fingerprint density at radius 1 is 1.14 bits per heavy atom. The number of alkyl halides is 1. The number of aliphatic hydroxyl groups is 2. The predicted octanol–water partition coefficient (Wildman–Crippen LogP) is 1.34. The monoisotopic (exact) mass is 760 g/mol. The van der Waals surface area contributed by atoms with Crippen molar-refractivity contribution in [3.63, 3.8) is 0 Å². The normalized spacial score (nSPS) is 29.2. The van der Waals surface area contributed by atoms with Gasteiger partial charge in [-0.2, -0.15) is 4.98 Å². The molecule has 6 heterocycles. The molecule has 2 fully saturated rings. The maximum Gasteiger partial charge on any atom is 0.325 e. The lowest BCUT2D eigenvalue weighted by Crippen LogP contribution is -2.50. The highest BCUT2D eigenvalue weighted by molar-refractivity contribution is 8.07. The zero-order valence-electron chi connectivity index (χ0n) is 27.1. The third kappa shape index (κ3) is 6.76. The van der Waals surface area contributed by atoms with Gasteiger partial charge in [-0.15, -0.1) is 11.8 Å². The number of aromatic amines is 1. The fourth-order valence-electron chi connectivity index (χ4n) is 5.45. The van der Waals surface area contributed by atoms with Crippen LogP contribution in [0.4, 0.5) is 16.2 Å². The molecule has 8 N–H and O–H groups in total. The van der Waals surface area contributed by atoms with Crippen LogP contribution < -0.4 is 17.0 Å². The maximum absolute atomic E-state index is 15.4. The standard InChI is InChI=1S/C26H38FN10O8PS2Si/c1-26(2,3)49(4,5)45-17-12(6-38)48-24(37-10-33-15-21(37)34-25(29)35-22(15)40)18(17)44-46(41,47)42-7-11-16(39)13(27)23(43-11)36-9-32-14-19(28)30-8-31-20(14)36/h8-13,16-18,23-24,38-39H,6-7H2,1-5H3,(H,41,47)(H2,28,30,31)(H3,29,34,35,40)/t11-,12-,13+,16-,17?,18-,23-,24-,46?/m1/s1. The van der Waals surface area contributed by atoms with E-state index in [-0.39, 0.29) is 45.7 Å². The quantitative estimate of drug-likeness (QED) is 0.0984. The third-order valence-corrected chi connectivity index (χ3v) is 16.6. The number of nitrogens with two attached hydrogens (primary N) is 2. The SMILES string of the molecule is CC(C)(C)[Si](C)(C)OC1[C@@H](OP(O)(=S)OC[C@H]2O[C@@H](n3cnc4c(N)ncnc43)[C@@H](F)[C@@H]2O)[C@H](n2cnc3c(=O)[nH]c(N)nc32)S[C@@H]1CO. The Bertz CT molecular complexity index is 1960. The summed E-state index contributed by atoms with van der Waals surface area (Å²) in [6.07, 6.45) is -4.25. The van der Waals surface area contributed by atoms with Crippen LogP contribution in [0.25, 0.3) is 22.3 Å². The predicted molar refractivity (Wildman–Crippen MR) is 184 cm³/mol. The zero-order chi connectivity index (χ0) is 35.6. The Morgan fingerprint density at radius 2 is 1.84 bits per heavy atom. The van der Waals surface area contributed by atoms with E-state index in [0.717, 1.165) is 0 Å². The molecule has 0 bridgehead atoms. The molecule has 49 heavy (non-hydrogen) atoms. The van der Waals surface area contributed by atoms with Gasteiger partial charge >= 0.3 is 6.72 Å². The number of fused-ring (bicyclic) bond motifs is 2. The molecule has 0 radical (unpaired) electrons. The van der Waals surface area contributed by atoms with Gasteiger partial charge in [0.05, 0.1) is 37.2 Å². The van der Waals surface area contributed by atoms with Crippen molar-refractivity contribution in [2.75, 3.05) is 24.7 Å². The Kier molecular flexibility index (Phi) is 9.72. The molecule has 18 nitrogen and oxygen atoms in total. The molecule has 23 heteroatoms. The van der Waals surface area contributed by atoms with Crippen LogP contribution >= 0.6 is 18.5 Å². The molecule has 4 aromatic rings. The van der Waals surface area contributed by atoms with Gasteiger partial charge in [-0.3, -0.25) is 23.4 Å². The number of aromatic nitrogens is 8. The van der Waals surface area contributed by atoms with Gasteiger partial charge in [-0.1, -0.05) is 20.8 Å². The van der Waals surface area contributed by atoms with Gasteiger partial charge in [0.1, 0.15) is 35.5 Å². The third-order valence-electron chi connectivity index (χ3n) is 9.04. The van der Waals surface area contributed by atoms with Crippen LogP contribution in [0, 0.1) is 0 Å². The lowest BCUT2D eigenvalue weighted by molar-refractivity contribution is -0.0473. The summed E-state index contributed by atoms with van der Waals surface area (Å²) in [7, 11) is -2.53. The molecular weight excluding hydrogens is 723 g/mol. The number of nitrogens with zero attached hydrogens (tertiary/aromatic N) is 7.